The number of aliphatic hydroxyl groups excluding tert-OH is 1. The van der Waals surface area contributed by atoms with Gasteiger partial charge in [0.2, 0.25) is 11.9 Å². The van der Waals surface area contributed by atoms with Gasteiger partial charge in [-0.25, -0.2) is 19.9 Å². The number of cyclic esters (lactones) is 1. The van der Waals surface area contributed by atoms with Crippen molar-refractivity contribution in [3.05, 3.63) is 23.7 Å². The molecule has 1 unspecified atom stereocenters. The average molecular weight is 462 g/mol. The van der Waals surface area contributed by atoms with Gasteiger partial charge in [-0.15, -0.1) is 0 Å². The smallest absolute Gasteiger partial charge is 0.434 e. The number of esters is 1. The van der Waals surface area contributed by atoms with Gasteiger partial charge >= 0.3 is 12.1 Å². The van der Waals surface area contributed by atoms with Crippen molar-refractivity contribution in [2.24, 2.45) is 5.92 Å². The zero-order chi connectivity index (χ0) is 30.2. The number of carbonyl (C=O) groups is 1. The van der Waals surface area contributed by atoms with Crippen LogP contribution in [0.2, 0.25) is 0 Å². The minimum absolute atomic E-state index is 0.153. The summed E-state index contributed by atoms with van der Waals surface area (Å²) >= 11 is 0. The molecule has 0 aromatic carbocycles. The van der Waals surface area contributed by atoms with Gasteiger partial charge in [-0.3, -0.25) is 4.79 Å². The number of morpholine rings is 1. The van der Waals surface area contributed by atoms with Crippen LogP contribution in [0.1, 0.15) is 35.2 Å². The van der Waals surface area contributed by atoms with E-state index in [9.17, 15) is 23.1 Å². The summed E-state index contributed by atoms with van der Waals surface area (Å²) in [5.74, 6) is -5.33. The summed E-state index contributed by atoms with van der Waals surface area (Å²) in [6.07, 6.45) is -5.40. The lowest BCUT2D eigenvalue weighted by Crippen LogP contribution is -2.37. The van der Waals surface area contributed by atoms with Crippen LogP contribution in [0.25, 0.3) is 11.3 Å². The molecule has 32 heavy (non-hydrogen) atoms. The summed E-state index contributed by atoms with van der Waals surface area (Å²) in [5, 5.41) is 9.87. The summed E-state index contributed by atoms with van der Waals surface area (Å²) in [6, 6.07) is 0.870. The van der Waals surface area contributed by atoms with Crippen LogP contribution >= 0.6 is 0 Å². The molecule has 0 radical (unpaired) electrons. The molecule has 4 heterocycles. The molecule has 0 amide bonds. The first-order valence-electron chi connectivity index (χ1n) is 13.1. The third kappa shape index (κ3) is 4.17. The van der Waals surface area contributed by atoms with Crippen LogP contribution in [-0.2, 0) is 20.4 Å². The van der Waals surface area contributed by atoms with Crippen molar-refractivity contribution in [1.29, 1.82) is 0 Å². The van der Waals surface area contributed by atoms with E-state index >= 15 is 0 Å². The summed E-state index contributed by atoms with van der Waals surface area (Å²) in [6.45, 7) is -13.4. The average Bonchev–Trinajstić information content (AvgIpc) is 3.09. The molecule has 3 atom stereocenters. The van der Waals surface area contributed by atoms with Crippen LogP contribution in [0.4, 0.5) is 25.1 Å². The molecule has 10 nitrogen and oxygen atoms in total. The summed E-state index contributed by atoms with van der Waals surface area (Å²) in [4.78, 5) is 27.1. The van der Waals surface area contributed by atoms with E-state index in [2.05, 4.69) is 24.7 Å². The summed E-state index contributed by atoms with van der Waals surface area (Å²) < 4.78 is 116. The molecule has 0 spiro atoms. The number of ether oxygens (including phenoxy) is 2. The van der Waals surface area contributed by atoms with Gasteiger partial charge in [-0.1, -0.05) is 0 Å². The Morgan fingerprint density at radius 2 is 2.03 bits per heavy atom. The molecular weight excluding hydrogens is 433 g/mol. The molecule has 2 aliphatic heterocycles. The highest BCUT2D eigenvalue weighted by Gasteiger charge is 2.45. The number of alkyl halides is 3. The Hall–Kier alpha value is -3.06. The maximum atomic E-state index is 13.9. The minimum Gasteiger partial charge on any atom is -0.462 e. The fraction of sp³-hybridized carbons (Fsp3) is 0.526. The Morgan fingerprint density at radius 3 is 2.69 bits per heavy atom. The molecule has 2 aliphatic rings. The second-order valence-corrected chi connectivity index (χ2v) is 6.80. The van der Waals surface area contributed by atoms with E-state index in [4.69, 9.17) is 21.4 Å². The van der Waals surface area contributed by atoms with Crippen LogP contribution in [0.15, 0.2) is 12.3 Å². The zero-order valence-electron chi connectivity index (χ0n) is 24.2. The van der Waals surface area contributed by atoms with Gasteiger partial charge in [-0.05, 0) is 13.0 Å². The number of nitrogen functional groups attached to an aromatic ring is 1. The molecule has 3 N–H and O–H groups in total. The molecular formula is C19H21F3N6O4. The number of aromatic nitrogens is 4. The Balaban J connectivity index is 2.07. The first kappa shape index (κ1) is 14.2. The fourth-order valence-electron chi connectivity index (χ4n) is 3.32. The van der Waals surface area contributed by atoms with E-state index in [1.54, 1.807) is 0 Å². The Kier molecular flexibility index (Phi) is 3.75. The highest BCUT2D eigenvalue weighted by atomic mass is 19.4. The molecule has 2 fully saturated rings. The van der Waals surface area contributed by atoms with Crippen molar-refractivity contribution in [1.82, 2.24) is 19.9 Å². The zero-order valence-corrected chi connectivity index (χ0v) is 16.2. The van der Waals surface area contributed by atoms with Gasteiger partial charge in [-0.2, -0.15) is 13.2 Å². The van der Waals surface area contributed by atoms with Crippen LogP contribution in [-0.4, -0.2) is 69.8 Å². The molecule has 2 saturated heterocycles. The Bertz CT molecular complexity index is 1330. The van der Waals surface area contributed by atoms with Crippen LogP contribution in [0.5, 0.6) is 0 Å². The number of hydrogen-bond donors (Lipinski definition) is 2. The number of nitrogens with two attached hydrogens (primary N) is 1. The number of halogens is 3. The van der Waals surface area contributed by atoms with Crippen LogP contribution < -0.4 is 10.6 Å². The lowest BCUT2D eigenvalue weighted by Gasteiger charge is -2.28. The van der Waals surface area contributed by atoms with E-state index in [1.807, 2.05) is 0 Å². The van der Waals surface area contributed by atoms with Gasteiger partial charge in [0, 0.05) is 30.7 Å². The van der Waals surface area contributed by atoms with Crippen molar-refractivity contribution in [2.75, 3.05) is 43.4 Å². The lowest BCUT2D eigenvalue weighted by atomic mass is 9.88. The van der Waals surface area contributed by atoms with E-state index in [1.165, 1.54) is 6.92 Å². The number of nitrogens with zero attached hydrogens (tertiary/aromatic N) is 5. The van der Waals surface area contributed by atoms with E-state index < -0.39 is 97.3 Å². The largest absolute Gasteiger partial charge is 0.462 e. The topological polar surface area (TPSA) is 137 Å². The van der Waals surface area contributed by atoms with Gasteiger partial charge < -0.3 is 25.2 Å². The summed E-state index contributed by atoms with van der Waals surface area (Å²) in [5.41, 5.74) is 1.69. The number of aliphatic hydroxyl groups is 1. The van der Waals surface area contributed by atoms with Crippen LogP contribution in [0.3, 0.4) is 0 Å². The molecule has 0 bridgehead atoms. The normalized spacial score (nSPS) is 34.0. The monoisotopic (exact) mass is 462 g/mol. The number of carbonyl (C=O) groups excluding carboxylic acids is 1. The first-order valence-corrected chi connectivity index (χ1v) is 9.06. The molecule has 13 heteroatoms. The third-order valence-electron chi connectivity index (χ3n) is 4.82. The van der Waals surface area contributed by atoms with Gasteiger partial charge in [0.05, 0.1) is 42.1 Å². The predicted octanol–water partition coefficient (Wildman–Crippen LogP) is 1.01. The lowest BCUT2D eigenvalue weighted by molar-refractivity contribution is -0.142. The highest BCUT2D eigenvalue weighted by molar-refractivity contribution is 5.81. The van der Waals surface area contributed by atoms with E-state index in [0.29, 0.717) is 6.20 Å². The second-order valence-electron chi connectivity index (χ2n) is 6.80. The number of rotatable bonds is 4. The molecule has 172 valence electrons. The number of hydrogen-bond acceptors (Lipinski definition) is 10. The van der Waals surface area contributed by atoms with Crippen molar-refractivity contribution >= 4 is 17.9 Å². The summed E-state index contributed by atoms with van der Waals surface area (Å²) in [7, 11) is 0. The maximum Gasteiger partial charge on any atom is 0.434 e. The van der Waals surface area contributed by atoms with E-state index in [0.717, 1.165) is 6.07 Å². The van der Waals surface area contributed by atoms with Crippen LogP contribution in [0, 0.1) is 5.92 Å². The Morgan fingerprint density at radius 1 is 1.31 bits per heavy atom. The quantitative estimate of drug-likeness (QED) is 0.634. The Labute approximate surface area is 191 Å². The van der Waals surface area contributed by atoms with Gasteiger partial charge in [0.25, 0.3) is 0 Å². The van der Waals surface area contributed by atoms with Crippen molar-refractivity contribution in [2.45, 2.75) is 25.1 Å². The van der Waals surface area contributed by atoms with E-state index in [-0.39, 0.29) is 4.90 Å². The van der Waals surface area contributed by atoms with Gasteiger partial charge in [0.1, 0.15) is 12.0 Å². The predicted molar refractivity (Wildman–Crippen MR) is 104 cm³/mol. The first-order chi connectivity index (χ1) is 18.2. The van der Waals surface area contributed by atoms with Gasteiger partial charge in [0.15, 0.2) is 5.69 Å². The molecule has 0 aliphatic carbocycles. The minimum atomic E-state index is -5.14. The third-order valence-corrected chi connectivity index (χ3v) is 4.82. The number of anilines is 2. The molecule has 2 aromatic rings. The standard InChI is InChI=1S/C19H21F3N6O4/c1-9-11(8-29)14(16(30)32-9)13-6-12(25-18(26-13)28-2-4-31-5-3-28)10-7-24-17(23)27-15(10)19(20,21)22/h6-7,9,11,14,29H,2-5,8H2,1H3,(H2,23,24,27)/t9-,11+,14?/m1/s1/i2D2,3D2,4D2,5D2. The SMILES string of the molecule is [2H]C1([2H])OC([2H])([2H])C([2H])([2H])N(c2nc(-c3cnc(N)nc3C(F)(F)F)cc(C3C(=O)O[C@H](C)[C@@H]3CO)n2)C1([2H])[2H]. The highest BCUT2D eigenvalue weighted by Crippen LogP contribution is 2.39. The molecule has 0 saturated carbocycles. The van der Waals surface area contributed by atoms with Crippen molar-refractivity contribution < 1.29 is 43.5 Å². The second kappa shape index (κ2) is 8.47. The molecule has 2 aromatic heterocycles. The van der Waals surface area contributed by atoms with Crippen molar-refractivity contribution in [3.63, 3.8) is 0 Å². The van der Waals surface area contributed by atoms with Crippen molar-refractivity contribution in [3.8, 4) is 11.3 Å². The fourth-order valence-corrected chi connectivity index (χ4v) is 3.32. The molecule has 4 rings (SSSR count). The maximum absolute atomic E-state index is 13.9.